The Morgan fingerprint density at radius 1 is 0.923 bits per heavy atom. The SMILES string of the molecule is O=C(C=Cc1ccc(F)cc1)NCCNS(=O)(=O)C=Cc1ccccc1. The Morgan fingerprint density at radius 3 is 2.27 bits per heavy atom. The summed E-state index contributed by atoms with van der Waals surface area (Å²) in [6.45, 7) is 0.211. The van der Waals surface area contributed by atoms with E-state index in [0.717, 1.165) is 11.0 Å². The molecule has 0 bridgehead atoms. The van der Waals surface area contributed by atoms with Gasteiger partial charge in [-0.05, 0) is 35.4 Å². The van der Waals surface area contributed by atoms with Crippen molar-refractivity contribution >= 4 is 28.1 Å². The summed E-state index contributed by atoms with van der Waals surface area (Å²) in [5, 5.41) is 3.64. The van der Waals surface area contributed by atoms with Crippen molar-refractivity contribution in [3.05, 3.63) is 83.0 Å². The molecule has 0 unspecified atom stereocenters. The molecule has 7 heteroatoms. The molecule has 2 aromatic carbocycles. The fourth-order valence-corrected chi connectivity index (χ4v) is 2.78. The van der Waals surface area contributed by atoms with Crippen LogP contribution in [0.5, 0.6) is 0 Å². The summed E-state index contributed by atoms with van der Waals surface area (Å²) in [7, 11) is -3.57. The molecule has 2 N–H and O–H groups in total. The molecule has 0 radical (unpaired) electrons. The monoisotopic (exact) mass is 374 g/mol. The normalized spacial score (nSPS) is 11.9. The summed E-state index contributed by atoms with van der Waals surface area (Å²) in [5.74, 6) is -0.714. The van der Waals surface area contributed by atoms with E-state index in [1.54, 1.807) is 30.3 Å². The van der Waals surface area contributed by atoms with Gasteiger partial charge in [-0.3, -0.25) is 4.79 Å². The maximum Gasteiger partial charge on any atom is 0.244 e. The first-order valence-electron chi connectivity index (χ1n) is 7.89. The van der Waals surface area contributed by atoms with Crippen molar-refractivity contribution in [2.45, 2.75) is 0 Å². The first-order chi connectivity index (χ1) is 12.4. The van der Waals surface area contributed by atoms with Crippen molar-refractivity contribution in [1.82, 2.24) is 10.0 Å². The van der Waals surface area contributed by atoms with Crippen LogP contribution < -0.4 is 10.0 Å². The summed E-state index contributed by atoms with van der Waals surface area (Å²) in [5.41, 5.74) is 1.46. The Kier molecular flexibility index (Phi) is 7.25. The van der Waals surface area contributed by atoms with E-state index in [9.17, 15) is 17.6 Å². The second-order valence-corrected chi connectivity index (χ2v) is 6.98. The van der Waals surface area contributed by atoms with Crippen molar-refractivity contribution in [1.29, 1.82) is 0 Å². The van der Waals surface area contributed by atoms with Crippen molar-refractivity contribution in [2.24, 2.45) is 0 Å². The molecular formula is C19H19FN2O3S. The molecule has 0 aromatic heterocycles. The van der Waals surface area contributed by atoms with Crippen molar-refractivity contribution in [3.8, 4) is 0 Å². The number of amides is 1. The van der Waals surface area contributed by atoms with E-state index in [0.29, 0.717) is 5.56 Å². The lowest BCUT2D eigenvalue weighted by Gasteiger charge is -2.04. The van der Waals surface area contributed by atoms with E-state index in [2.05, 4.69) is 10.0 Å². The highest BCUT2D eigenvalue weighted by molar-refractivity contribution is 7.92. The van der Waals surface area contributed by atoms with Crippen LogP contribution >= 0.6 is 0 Å². The molecule has 0 heterocycles. The molecule has 5 nitrogen and oxygen atoms in total. The number of halogens is 1. The lowest BCUT2D eigenvalue weighted by atomic mass is 10.2. The van der Waals surface area contributed by atoms with E-state index in [1.807, 2.05) is 18.2 Å². The zero-order valence-corrected chi connectivity index (χ0v) is 14.7. The molecule has 2 rings (SSSR count). The summed E-state index contributed by atoms with van der Waals surface area (Å²) < 4.78 is 38.8. The first kappa shape index (κ1) is 19.6. The zero-order valence-electron chi connectivity index (χ0n) is 13.9. The molecule has 0 saturated carbocycles. The van der Waals surface area contributed by atoms with Gasteiger partial charge in [-0.2, -0.15) is 0 Å². The van der Waals surface area contributed by atoms with Gasteiger partial charge in [0, 0.05) is 24.6 Å². The van der Waals surface area contributed by atoms with Crippen molar-refractivity contribution in [3.63, 3.8) is 0 Å². The summed E-state index contributed by atoms with van der Waals surface area (Å²) >= 11 is 0. The Balaban J connectivity index is 1.72. The highest BCUT2D eigenvalue weighted by atomic mass is 32.2. The standard InChI is InChI=1S/C19H19FN2O3S/c20-18-9-6-17(7-10-18)8-11-19(23)21-13-14-22-26(24,25)15-12-16-4-2-1-3-5-16/h1-12,15,22H,13-14H2,(H,21,23). The van der Waals surface area contributed by atoms with Crippen LogP contribution in [0.3, 0.4) is 0 Å². The predicted octanol–water partition coefficient (Wildman–Crippen LogP) is 2.55. The van der Waals surface area contributed by atoms with E-state index in [1.165, 1.54) is 24.3 Å². The average molecular weight is 374 g/mol. The quantitative estimate of drug-likeness (QED) is 0.551. The first-order valence-corrected chi connectivity index (χ1v) is 9.43. The smallest absolute Gasteiger partial charge is 0.244 e. The summed E-state index contributed by atoms with van der Waals surface area (Å²) in [4.78, 5) is 11.7. The number of nitrogens with one attached hydrogen (secondary N) is 2. The molecule has 2 aromatic rings. The minimum atomic E-state index is -3.57. The zero-order chi connectivity index (χ0) is 18.8. The molecule has 26 heavy (non-hydrogen) atoms. The van der Waals surface area contributed by atoms with Gasteiger partial charge in [0.05, 0.1) is 0 Å². The van der Waals surface area contributed by atoms with E-state index < -0.39 is 10.0 Å². The van der Waals surface area contributed by atoms with Gasteiger partial charge in [0.25, 0.3) is 0 Å². The molecule has 136 valence electrons. The minimum absolute atomic E-state index is 0.0671. The molecule has 0 aliphatic heterocycles. The van der Waals surface area contributed by atoms with E-state index in [4.69, 9.17) is 0 Å². The number of rotatable bonds is 8. The molecule has 0 fully saturated rings. The maximum atomic E-state index is 12.8. The Labute approximate surface area is 152 Å². The number of benzene rings is 2. The van der Waals surface area contributed by atoms with Crippen LogP contribution in [0.4, 0.5) is 4.39 Å². The Bertz CT molecular complexity index is 877. The summed E-state index contributed by atoms with van der Waals surface area (Å²) in [6, 6.07) is 14.8. The molecule has 0 atom stereocenters. The second-order valence-electron chi connectivity index (χ2n) is 5.33. The molecule has 0 saturated heterocycles. The Morgan fingerprint density at radius 2 is 1.58 bits per heavy atom. The highest BCUT2D eigenvalue weighted by Gasteiger charge is 2.04. The van der Waals surface area contributed by atoms with Crippen LogP contribution in [-0.2, 0) is 14.8 Å². The van der Waals surface area contributed by atoms with Crippen LogP contribution in [0.15, 0.2) is 66.1 Å². The number of carbonyl (C=O) groups is 1. The predicted molar refractivity (Wildman–Crippen MR) is 101 cm³/mol. The van der Waals surface area contributed by atoms with Crippen molar-refractivity contribution in [2.75, 3.05) is 13.1 Å². The average Bonchev–Trinajstić information content (AvgIpc) is 2.64. The third kappa shape index (κ3) is 7.42. The van der Waals surface area contributed by atoms with Crippen LogP contribution in [0.2, 0.25) is 0 Å². The number of hydrogen-bond acceptors (Lipinski definition) is 3. The van der Waals surface area contributed by atoms with Gasteiger partial charge in [0.2, 0.25) is 15.9 Å². The lowest BCUT2D eigenvalue weighted by Crippen LogP contribution is -2.33. The van der Waals surface area contributed by atoms with Gasteiger partial charge in [-0.1, -0.05) is 42.5 Å². The molecule has 0 aliphatic carbocycles. The third-order valence-corrected chi connectivity index (χ3v) is 4.36. The van der Waals surface area contributed by atoms with E-state index in [-0.39, 0.29) is 24.8 Å². The molecular weight excluding hydrogens is 355 g/mol. The molecule has 1 amide bonds. The van der Waals surface area contributed by atoms with Gasteiger partial charge in [0.15, 0.2) is 0 Å². The number of carbonyl (C=O) groups excluding carboxylic acids is 1. The van der Waals surface area contributed by atoms with Gasteiger partial charge in [0.1, 0.15) is 5.82 Å². The second kappa shape index (κ2) is 9.65. The lowest BCUT2D eigenvalue weighted by molar-refractivity contribution is -0.116. The fourth-order valence-electron chi connectivity index (χ4n) is 1.96. The van der Waals surface area contributed by atoms with Crippen LogP contribution in [0.1, 0.15) is 11.1 Å². The highest BCUT2D eigenvalue weighted by Crippen LogP contribution is 2.04. The van der Waals surface area contributed by atoms with Gasteiger partial charge >= 0.3 is 0 Å². The number of sulfonamides is 1. The fraction of sp³-hybridized carbons (Fsp3) is 0.105. The van der Waals surface area contributed by atoms with Crippen LogP contribution in [0, 0.1) is 5.82 Å². The Hall–Kier alpha value is -2.77. The topological polar surface area (TPSA) is 75.3 Å². The maximum absolute atomic E-state index is 12.8. The van der Waals surface area contributed by atoms with Gasteiger partial charge < -0.3 is 5.32 Å². The van der Waals surface area contributed by atoms with Crippen LogP contribution in [0.25, 0.3) is 12.2 Å². The third-order valence-electron chi connectivity index (χ3n) is 3.26. The van der Waals surface area contributed by atoms with Gasteiger partial charge in [-0.25, -0.2) is 17.5 Å². The molecule has 0 spiro atoms. The number of hydrogen-bond donors (Lipinski definition) is 2. The van der Waals surface area contributed by atoms with Crippen LogP contribution in [-0.4, -0.2) is 27.4 Å². The van der Waals surface area contributed by atoms with Crippen molar-refractivity contribution < 1.29 is 17.6 Å². The largest absolute Gasteiger partial charge is 0.351 e. The van der Waals surface area contributed by atoms with E-state index >= 15 is 0 Å². The minimum Gasteiger partial charge on any atom is -0.351 e. The summed E-state index contributed by atoms with van der Waals surface area (Å²) in [6.07, 6.45) is 4.34. The molecule has 0 aliphatic rings. The van der Waals surface area contributed by atoms with Gasteiger partial charge in [-0.15, -0.1) is 0 Å².